The molecule has 6 heteroatoms. The number of nitrogens with two attached hydrogens (primary N) is 1. The molecule has 0 aliphatic rings. The summed E-state index contributed by atoms with van der Waals surface area (Å²) in [5.41, 5.74) is 5.85. The van der Waals surface area contributed by atoms with E-state index >= 15 is 0 Å². The summed E-state index contributed by atoms with van der Waals surface area (Å²) in [6, 6.07) is 3.20. The topological polar surface area (TPSA) is 73.6 Å². The van der Waals surface area contributed by atoms with Crippen LogP contribution in [0.1, 0.15) is 30.1 Å². The van der Waals surface area contributed by atoms with E-state index in [1.807, 2.05) is 6.92 Å². The van der Waals surface area contributed by atoms with E-state index in [0.717, 1.165) is 12.8 Å². The van der Waals surface area contributed by atoms with E-state index < -0.39 is 0 Å². The summed E-state index contributed by atoms with van der Waals surface area (Å²) in [5, 5.41) is 3.17. The van der Waals surface area contributed by atoms with Gasteiger partial charge in [-0.1, -0.05) is 11.6 Å². The largest absolute Gasteiger partial charge is 0.493 e. The van der Waals surface area contributed by atoms with E-state index in [0.29, 0.717) is 41.8 Å². The Hall–Kier alpha value is -1.46. The van der Waals surface area contributed by atoms with Gasteiger partial charge in [0.05, 0.1) is 18.7 Å². The minimum Gasteiger partial charge on any atom is -0.493 e. The summed E-state index contributed by atoms with van der Waals surface area (Å²) in [7, 11) is 1.51. The average Bonchev–Trinajstić information content (AvgIpc) is 2.45. The number of ether oxygens (including phenoxy) is 2. The maximum atomic E-state index is 12.0. The van der Waals surface area contributed by atoms with Crippen LogP contribution < -0.4 is 20.5 Å². The first-order chi connectivity index (χ1) is 9.63. The predicted octanol–water partition coefficient (Wildman–Crippen LogP) is 2.22. The molecule has 0 spiro atoms. The van der Waals surface area contributed by atoms with Crippen molar-refractivity contribution >= 4 is 17.5 Å². The van der Waals surface area contributed by atoms with Crippen LogP contribution >= 0.6 is 11.6 Å². The van der Waals surface area contributed by atoms with Crippen LogP contribution in [0.15, 0.2) is 12.1 Å². The zero-order valence-corrected chi connectivity index (χ0v) is 12.6. The quantitative estimate of drug-likeness (QED) is 0.722. The molecule has 20 heavy (non-hydrogen) atoms. The number of carbonyl (C=O) groups is 1. The zero-order valence-electron chi connectivity index (χ0n) is 11.9. The predicted molar refractivity (Wildman–Crippen MR) is 79.8 cm³/mol. The normalized spacial score (nSPS) is 10.2. The monoisotopic (exact) mass is 300 g/mol. The van der Waals surface area contributed by atoms with E-state index in [9.17, 15) is 4.79 Å². The summed E-state index contributed by atoms with van der Waals surface area (Å²) in [5.74, 6) is 0.716. The molecule has 0 fully saturated rings. The first-order valence-corrected chi connectivity index (χ1v) is 7.00. The lowest BCUT2D eigenvalue weighted by molar-refractivity contribution is 0.0952. The van der Waals surface area contributed by atoms with Gasteiger partial charge in [-0.25, -0.2) is 0 Å². The number of methoxy groups -OCH3 is 1. The maximum absolute atomic E-state index is 12.0. The van der Waals surface area contributed by atoms with E-state index in [4.69, 9.17) is 26.8 Å². The third-order valence-electron chi connectivity index (χ3n) is 2.70. The molecule has 3 N–H and O–H groups in total. The Morgan fingerprint density at radius 2 is 2.15 bits per heavy atom. The van der Waals surface area contributed by atoms with E-state index in [2.05, 4.69) is 5.32 Å². The second kappa shape index (κ2) is 8.66. The van der Waals surface area contributed by atoms with Gasteiger partial charge in [0.15, 0.2) is 11.5 Å². The summed E-state index contributed by atoms with van der Waals surface area (Å²) in [4.78, 5) is 12.0. The first kappa shape index (κ1) is 16.6. The van der Waals surface area contributed by atoms with Crippen LogP contribution in [0.2, 0.25) is 5.02 Å². The molecule has 0 aliphatic heterocycles. The summed E-state index contributed by atoms with van der Waals surface area (Å²) in [6.07, 6.45) is 1.73. The number of amides is 1. The minimum absolute atomic E-state index is 0.190. The molecule has 0 unspecified atom stereocenters. The molecule has 0 radical (unpaired) electrons. The average molecular weight is 301 g/mol. The SMILES string of the molecule is CCOc1c(Cl)cc(C(=O)NCCCCN)cc1OC. The second-order valence-corrected chi connectivity index (χ2v) is 4.58. The highest BCUT2D eigenvalue weighted by Crippen LogP contribution is 2.36. The van der Waals surface area contributed by atoms with Crippen molar-refractivity contribution in [1.82, 2.24) is 5.32 Å². The number of carbonyl (C=O) groups excluding carboxylic acids is 1. The molecule has 112 valence electrons. The van der Waals surface area contributed by atoms with Gasteiger partial charge in [-0.05, 0) is 38.4 Å². The molecule has 1 aromatic carbocycles. The Kier molecular flexibility index (Phi) is 7.18. The van der Waals surface area contributed by atoms with E-state index in [1.165, 1.54) is 7.11 Å². The minimum atomic E-state index is -0.190. The van der Waals surface area contributed by atoms with Gasteiger partial charge < -0.3 is 20.5 Å². The van der Waals surface area contributed by atoms with Crippen LogP contribution in [0, 0.1) is 0 Å². The number of hydrogen-bond acceptors (Lipinski definition) is 4. The number of hydrogen-bond donors (Lipinski definition) is 2. The molecule has 0 atom stereocenters. The van der Waals surface area contributed by atoms with Gasteiger partial charge in [0.25, 0.3) is 5.91 Å². The van der Waals surface area contributed by atoms with Gasteiger partial charge >= 0.3 is 0 Å². The summed E-state index contributed by atoms with van der Waals surface area (Å²) in [6.45, 7) is 3.54. The van der Waals surface area contributed by atoms with Gasteiger partial charge in [0.2, 0.25) is 0 Å². The molecule has 5 nitrogen and oxygen atoms in total. The van der Waals surface area contributed by atoms with Crippen molar-refractivity contribution in [1.29, 1.82) is 0 Å². The van der Waals surface area contributed by atoms with Crippen molar-refractivity contribution < 1.29 is 14.3 Å². The highest BCUT2D eigenvalue weighted by molar-refractivity contribution is 6.32. The Balaban J connectivity index is 2.80. The molecule has 0 aliphatic carbocycles. The Bertz CT molecular complexity index is 452. The van der Waals surface area contributed by atoms with Crippen LogP contribution in [0.25, 0.3) is 0 Å². The fraction of sp³-hybridized carbons (Fsp3) is 0.500. The van der Waals surface area contributed by atoms with Crippen molar-refractivity contribution in [2.75, 3.05) is 26.8 Å². The fourth-order valence-electron chi connectivity index (χ4n) is 1.71. The van der Waals surface area contributed by atoms with E-state index in [-0.39, 0.29) is 5.91 Å². The molecule has 1 aromatic rings. The number of benzene rings is 1. The number of halogens is 1. The van der Waals surface area contributed by atoms with Gasteiger partial charge in [-0.15, -0.1) is 0 Å². The van der Waals surface area contributed by atoms with Gasteiger partial charge in [-0.2, -0.15) is 0 Å². The van der Waals surface area contributed by atoms with Crippen LogP contribution in [0.4, 0.5) is 0 Å². The highest BCUT2D eigenvalue weighted by atomic mass is 35.5. The van der Waals surface area contributed by atoms with Crippen LogP contribution in [-0.4, -0.2) is 32.7 Å². The van der Waals surface area contributed by atoms with Crippen LogP contribution in [-0.2, 0) is 0 Å². The molecular formula is C14H21ClN2O3. The smallest absolute Gasteiger partial charge is 0.251 e. The number of nitrogens with one attached hydrogen (secondary N) is 1. The molecule has 0 saturated heterocycles. The molecule has 0 aromatic heterocycles. The Morgan fingerprint density at radius 3 is 2.75 bits per heavy atom. The third kappa shape index (κ3) is 4.58. The lowest BCUT2D eigenvalue weighted by Crippen LogP contribution is -2.25. The molecule has 0 bridgehead atoms. The highest BCUT2D eigenvalue weighted by Gasteiger charge is 2.15. The lowest BCUT2D eigenvalue weighted by Gasteiger charge is -2.13. The van der Waals surface area contributed by atoms with E-state index in [1.54, 1.807) is 12.1 Å². The fourth-order valence-corrected chi connectivity index (χ4v) is 1.97. The van der Waals surface area contributed by atoms with Gasteiger partial charge in [0, 0.05) is 12.1 Å². The number of rotatable bonds is 8. The van der Waals surface area contributed by atoms with Crippen molar-refractivity contribution in [2.45, 2.75) is 19.8 Å². The molecule has 1 amide bonds. The number of unbranched alkanes of at least 4 members (excludes halogenated alkanes) is 1. The second-order valence-electron chi connectivity index (χ2n) is 4.17. The first-order valence-electron chi connectivity index (χ1n) is 6.62. The summed E-state index contributed by atoms with van der Waals surface area (Å²) >= 11 is 6.12. The maximum Gasteiger partial charge on any atom is 0.251 e. The van der Waals surface area contributed by atoms with Gasteiger partial charge in [-0.3, -0.25) is 4.79 Å². The Labute approximate surface area is 124 Å². The van der Waals surface area contributed by atoms with Crippen LogP contribution in [0.5, 0.6) is 11.5 Å². The zero-order chi connectivity index (χ0) is 15.0. The van der Waals surface area contributed by atoms with Crippen molar-refractivity contribution in [3.8, 4) is 11.5 Å². The molecule has 1 rings (SSSR count). The lowest BCUT2D eigenvalue weighted by atomic mass is 10.2. The molecule has 0 saturated carbocycles. The third-order valence-corrected chi connectivity index (χ3v) is 2.98. The summed E-state index contributed by atoms with van der Waals surface area (Å²) < 4.78 is 10.6. The van der Waals surface area contributed by atoms with Crippen LogP contribution in [0.3, 0.4) is 0 Å². The van der Waals surface area contributed by atoms with Crippen molar-refractivity contribution in [3.63, 3.8) is 0 Å². The van der Waals surface area contributed by atoms with Gasteiger partial charge in [0.1, 0.15) is 0 Å². The molecule has 0 heterocycles. The van der Waals surface area contributed by atoms with Crippen molar-refractivity contribution in [2.24, 2.45) is 5.73 Å². The Morgan fingerprint density at radius 1 is 1.40 bits per heavy atom. The van der Waals surface area contributed by atoms with Crippen molar-refractivity contribution in [3.05, 3.63) is 22.7 Å². The standard InChI is InChI=1S/C14H21ClN2O3/c1-3-20-13-11(15)8-10(9-12(13)19-2)14(18)17-7-5-4-6-16/h8-9H,3-7,16H2,1-2H3,(H,17,18). The molecular weight excluding hydrogens is 280 g/mol.